The van der Waals surface area contributed by atoms with Gasteiger partial charge >= 0.3 is 0 Å². The molecule has 0 aromatic carbocycles. The minimum atomic E-state index is -0.0877. The lowest BCUT2D eigenvalue weighted by Gasteiger charge is -2.24. The van der Waals surface area contributed by atoms with Crippen molar-refractivity contribution >= 4 is 5.91 Å². The Morgan fingerprint density at radius 1 is 1.50 bits per heavy atom. The summed E-state index contributed by atoms with van der Waals surface area (Å²) in [5.74, 6) is 0.0389. The van der Waals surface area contributed by atoms with Crippen molar-refractivity contribution in [3.8, 4) is 0 Å². The molecule has 0 spiro atoms. The third-order valence-electron chi connectivity index (χ3n) is 3.56. The van der Waals surface area contributed by atoms with Crippen molar-refractivity contribution in [2.75, 3.05) is 26.8 Å². The van der Waals surface area contributed by atoms with Gasteiger partial charge < -0.3 is 15.0 Å². The third kappa shape index (κ3) is 3.77. The minimum Gasteiger partial charge on any atom is -0.379 e. The predicted molar refractivity (Wildman–Crippen MR) is 77.1 cm³/mol. The van der Waals surface area contributed by atoms with Gasteiger partial charge in [-0.3, -0.25) is 9.78 Å². The Kier molecular flexibility index (Phi) is 5.49. The van der Waals surface area contributed by atoms with Crippen LogP contribution in [0.15, 0.2) is 24.4 Å². The first-order valence-corrected chi connectivity index (χ1v) is 7.18. The molecule has 2 rings (SSSR count). The summed E-state index contributed by atoms with van der Waals surface area (Å²) in [7, 11) is 1.83. The van der Waals surface area contributed by atoms with E-state index in [-0.39, 0.29) is 17.9 Å². The number of rotatable bonds is 6. The first-order chi connectivity index (χ1) is 9.72. The molecule has 1 aliphatic heterocycles. The molecule has 1 fully saturated rings. The van der Waals surface area contributed by atoms with Crippen LogP contribution in [0.1, 0.15) is 19.0 Å². The number of hydrogen-bond donors (Lipinski definition) is 1. The Morgan fingerprint density at radius 2 is 2.35 bits per heavy atom. The molecule has 5 nitrogen and oxygen atoms in total. The van der Waals surface area contributed by atoms with E-state index in [0.29, 0.717) is 19.8 Å². The number of nitrogens with one attached hydrogen (secondary N) is 1. The van der Waals surface area contributed by atoms with Gasteiger partial charge in [-0.05, 0) is 25.1 Å². The second kappa shape index (κ2) is 7.36. The number of amides is 1. The quantitative estimate of drug-likeness (QED) is 0.844. The molecule has 0 saturated carbocycles. The molecule has 0 aliphatic carbocycles. The standard InChI is InChI=1S/C15H23N3O2/c1-3-7-17-14-11-20-10-13(14)15(19)18(2)9-12-6-4-5-8-16-12/h4-6,8,13-14,17H,3,7,9-11H2,1-2H3. The number of ether oxygens (including phenoxy) is 1. The highest BCUT2D eigenvalue weighted by molar-refractivity contribution is 5.79. The van der Waals surface area contributed by atoms with Gasteiger partial charge in [-0.15, -0.1) is 0 Å². The average molecular weight is 277 g/mol. The van der Waals surface area contributed by atoms with Crippen LogP contribution in [0.4, 0.5) is 0 Å². The highest BCUT2D eigenvalue weighted by Crippen LogP contribution is 2.17. The van der Waals surface area contributed by atoms with Gasteiger partial charge in [0.05, 0.1) is 31.4 Å². The average Bonchev–Trinajstić information content (AvgIpc) is 2.93. The van der Waals surface area contributed by atoms with Crippen molar-refractivity contribution in [2.45, 2.75) is 25.9 Å². The smallest absolute Gasteiger partial charge is 0.229 e. The monoisotopic (exact) mass is 277 g/mol. The molecule has 5 heteroatoms. The highest BCUT2D eigenvalue weighted by Gasteiger charge is 2.35. The normalized spacial score (nSPS) is 21.9. The van der Waals surface area contributed by atoms with E-state index in [1.807, 2.05) is 25.2 Å². The van der Waals surface area contributed by atoms with E-state index < -0.39 is 0 Å². The summed E-state index contributed by atoms with van der Waals surface area (Å²) in [4.78, 5) is 18.5. The van der Waals surface area contributed by atoms with Gasteiger partial charge in [0.2, 0.25) is 5.91 Å². The van der Waals surface area contributed by atoms with Crippen molar-refractivity contribution in [3.63, 3.8) is 0 Å². The van der Waals surface area contributed by atoms with Crippen molar-refractivity contribution in [3.05, 3.63) is 30.1 Å². The van der Waals surface area contributed by atoms with Crippen LogP contribution in [0.3, 0.4) is 0 Å². The molecule has 20 heavy (non-hydrogen) atoms. The lowest BCUT2D eigenvalue weighted by molar-refractivity contribution is -0.135. The summed E-state index contributed by atoms with van der Waals surface area (Å²) in [5, 5.41) is 3.39. The van der Waals surface area contributed by atoms with Crippen LogP contribution >= 0.6 is 0 Å². The van der Waals surface area contributed by atoms with E-state index in [1.54, 1.807) is 11.1 Å². The topological polar surface area (TPSA) is 54.5 Å². The van der Waals surface area contributed by atoms with Crippen LogP contribution < -0.4 is 5.32 Å². The lowest BCUT2D eigenvalue weighted by Crippen LogP contribution is -2.44. The summed E-state index contributed by atoms with van der Waals surface area (Å²) in [6, 6.07) is 5.88. The molecule has 2 unspecified atom stereocenters. The van der Waals surface area contributed by atoms with Crippen LogP contribution in [0.5, 0.6) is 0 Å². The number of pyridine rings is 1. The molecule has 1 saturated heterocycles. The van der Waals surface area contributed by atoms with Gasteiger partial charge in [0.1, 0.15) is 0 Å². The highest BCUT2D eigenvalue weighted by atomic mass is 16.5. The largest absolute Gasteiger partial charge is 0.379 e. The van der Waals surface area contributed by atoms with Gasteiger partial charge in [-0.2, -0.15) is 0 Å². The molecule has 1 aromatic rings. The van der Waals surface area contributed by atoms with E-state index in [2.05, 4.69) is 17.2 Å². The van der Waals surface area contributed by atoms with Gasteiger partial charge in [0, 0.05) is 19.3 Å². The predicted octanol–water partition coefficient (Wildman–Crippen LogP) is 1.05. The number of aromatic nitrogens is 1. The second-order valence-corrected chi connectivity index (χ2v) is 5.22. The van der Waals surface area contributed by atoms with E-state index >= 15 is 0 Å². The molecular formula is C15H23N3O2. The van der Waals surface area contributed by atoms with Crippen LogP contribution in [0.2, 0.25) is 0 Å². The van der Waals surface area contributed by atoms with Crippen molar-refractivity contribution < 1.29 is 9.53 Å². The third-order valence-corrected chi connectivity index (χ3v) is 3.56. The summed E-state index contributed by atoms with van der Waals surface area (Å²) < 4.78 is 5.46. The Hall–Kier alpha value is -1.46. The minimum absolute atomic E-state index is 0.0877. The Morgan fingerprint density at radius 3 is 3.05 bits per heavy atom. The molecular weight excluding hydrogens is 254 g/mol. The molecule has 0 bridgehead atoms. The molecule has 1 aromatic heterocycles. The number of nitrogens with zero attached hydrogens (tertiary/aromatic N) is 2. The zero-order valence-corrected chi connectivity index (χ0v) is 12.2. The molecule has 1 N–H and O–H groups in total. The lowest BCUT2D eigenvalue weighted by atomic mass is 10.0. The molecule has 110 valence electrons. The van der Waals surface area contributed by atoms with Crippen molar-refractivity contribution in [1.82, 2.24) is 15.2 Å². The maximum absolute atomic E-state index is 12.5. The van der Waals surface area contributed by atoms with Gasteiger partial charge in [-0.1, -0.05) is 13.0 Å². The van der Waals surface area contributed by atoms with Crippen LogP contribution in [0.25, 0.3) is 0 Å². The fourth-order valence-corrected chi connectivity index (χ4v) is 2.42. The molecule has 0 radical (unpaired) electrons. The summed E-state index contributed by atoms with van der Waals surface area (Å²) >= 11 is 0. The zero-order valence-electron chi connectivity index (χ0n) is 12.2. The summed E-state index contributed by atoms with van der Waals surface area (Å²) in [6.45, 7) is 4.70. The molecule has 1 aliphatic rings. The fraction of sp³-hybridized carbons (Fsp3) is 0.600. The molecule has 1 amide bonds. The first kappa shape index (κ1) is 14.9. The maximum Gasteiger partial charge on any atom is 0.229 e. The van der Waals surface area contributed by atoms with Crippen molar-refractivity contribution in [2.24, 2.45) is 5.92 Å². The Bertz CT molecular complexity index is 424. The van der Waals surface area contributed by atoms with Crippen LogP contribution in [-0.4, -0.2) is 48.6 Å². The van der Waals surface area contributed by atoms with Gasteiger partial charge in [0.25, 0.3) is 0 Å². The Balaban J connectivity index is 1.92. The van der Waals surface area contributed by atoms with Crippen LogP contribution in [0, 0.1) is 5.92 Å². The number of hydrogen-bond acceptors (Lipinski definition) is 4. The van der Waals surface area contributed by atoms with E-state index in [1.165, 1.54) is 0 Å². The first-order valence-electron chi connectivity index (χ1n) is 7.18. The summed E-state index contributed by atoms with van der Waals surface area (Å²) in [6.07, 6.45) is 2.80. The second-order valence-electron chi connectivity index (χ2n) is 5.22. The zero-order chi connectivity index (χ0) is 14.4. The van der Waals surface area contributed by atoms with E-state index in [4.69, 9.17) is 4.74 Å². The number of carbonyl (C=O) groups is 1. The van der Waals surface area contributed by atoms with Gasteiger partial charge in [0.15, 0.2) is 0 Å². The molecule has 2 heterocycles. The maximum atomic E-state index is 12.5. The fourth-order valence-electron chi connectivity index (χ4n) is 2.42. The van der Waals surface area contributed by atoms with Crippen molar-refractivity contribution in [1.29, 1.82) is 0 Å². The Labute approximate surface area is 120 Å². The SMILES string of the molecule is CCCNC1COCC1C(=O)N(C)Cc1ccccn1. The van der Waals surface area contributed by atoms with Gasteiger partial charge in [-0.25, -0.2) is 0 Å². The molecule has 2 atom stereocenters. The number of carbonyl (C=O) groups excluding carboxylic acids is 1. The summed E-state index contributed by atoms with van der Waals surface area (Å²) in [5.41, 5.74) is 0.903. The van der Waals surface area contributed by atoms with Crippen LogP contribution in [-0.2, 0) is 16.1 Å². The van der Waals surface area contributed by atoms with E-state index in [0.717, 1.165) is 18.7 Å². The van der Waals surface area contributed by atoms with E-state index in [9.17, 15) is 4.79 Å².